The Balaban J connectivity index is 2.99. The van der Waals surface area contributed by atoms with E-state index in [4.69, 9.17) is 0 Å². The standard InChI is InChI=1S/C12H12O2S/c1-9-5-3-6-10-7-4-8-11(12(9)10)15(2,13)14/h3-8H,1-2H3. The lowest BCUT2D eigenvalue weighted by Crippen LogP contribution is -1.98. The Bertz CT molecular complexity index is 607. The molecule has 0 aliphatic rings. The quantitative estimate of drug-likeness (QED) is 0.740. The topological polar surface area (TPSA) is 34.1 Å². The highest BCUT2D eigenvalue weighted by Crippen LogP contribution is 2.25. The van der Waals surface area contributed by atoms with E-state index in [0.29, 0.717) is 4.90 Å². The van der Waals surface area contributed by atoms with E-state index in [1.54, 1.807) is 12.1 Å². The van der Waals surface area contributed by atoms with Gasteiger partial charge in [-0.2, -0.15) is 0 Å². The largest absolute Gasteiger partial charge is 0.224 e. The molecular weight excluding hydrogens is 208 g/mol. The maximum atomic E-state index is 11.6. The first-order valence-electron chi connectivity index (χ1n) is 4.68. The summed E-state index contributed by atoms with van der Waals surface area (Å²) in [5.41, 5.74) is 0.994. The van der Waals surface area contributed by atoms with Gasteiger partial charge in [0.05, 0.1) is 4.90 Å². The minimum absolute atomic E-state index is 0.415. The Hall–Kier alpha value is -1.35. The van der Waals surface area contributed by atoms with E-state index in [-0.39, 0.29) is 0 Å². The number of fused-ring (bicyclic) bond motifs is 1. The third kappa shape index (κ3) is 1.75. The summed E-state index contributed by atoms with van der Waals surface area (Å²) in [6.45, 7) is 1.93. The zero-order valence-corrected chi connectivity index (χ0v) is 9.51. The van der Waals surface area contributed by atoms with Crippen molar-refractivity contribution < 1.29 is 8.42 Å². The van der Waals surface area contributed by atoms with E-state index in [1.165, 1.54) is 6.26 Å². The van der Waals surface area contributed by atoms with E-state index in [1.807, 2.05) is 31.2 Å². The zero-order chi connectivity index (χ0) is 11.1. The van der Waals surface area contributed by atoms with Crippen molar-refractivity contribution in [3.8, 4) is 0 Å². The van der Waals surface area contributed by atoms with Crippen LogP contribution in [0.2, 0.25) is 0 Å². The third-order valence-corrected chi connectivity index (χ3v) is 3.61. The average Bonchev–Trinajstić information content (AvgIpc) is 2.16. The van der Waals surface area contributed by atoms with Crippen LogP contribution in [0.5, 0.6) is 0 Å². The Morgan fingerprint density at radius 1 is 1.00 bits per heavy atom. The van der Waals surface area contributed by atoms with E-state index in [0.717, 1.165) is 16.3 Å². The maximum absolute atomic E-state index is 11.6. The molecule has 0 aliphatic carbocycles. The second kappa shape index (κ2) is 3.35. The van der Waals surface area contributed by atoms with Gasteiger partial charge in [-0.3, -0.25) is 0 Å². The minimum atomic E-state index is -3.15. The summed E-state index contributed by atoms with van der Waals surface area (Å²) in [6, 6.07) is 11.2. The third-order valence-electron chi connectivity index (χ3n) is 2.47. The molecule has 0 radical (unpaired) electrons. The Labute approximate surface area is 89.5 Å². The van der Waals surface area contributed by atoms with Gasteiger partial charge < -0.3 is 0 Å². The first-order chi connectivity index (χ1) is 7.00. The normalized spacial score (nSPS) is 11.9. The molecule has 0 unspecified atom stereocenters. The van der Waals surface area contributed by atoms with Gasteiger partial charge in [0.1, 0.15) is 0 Å². The highest BCUT2D eigenvalue weighted by atomic mass is 32.2. The summed E-state index contributed by atoms with van der Waals surface area (Å²) in [4.78, 5) is 0.415. The van der Waals surface area contributed by atoms with Crippen molar-refractivity contribution in [3.05, 3.63) is 42.0 Å². The second-order valence-corrected chi connectivity index (χ2v) is 5.69. The Kier molecular flexibility index (Phi) is 2.27. The number of hydrogen-bond acceptors (Lipinski definition) is 2. The van der Waals surface area contributed by atoms with Crippen LogP contribution in [0, 0.1) is 6.92 Å². The van der Waals surface area contributed by atoms with Crippen molar-refractivity contribution in [1.82, 2.24) is 0 Å². The molecule has 2 aromatic carbocycles. The molecule has 2 rings (SSSR count). The summed E-state index contributed by atoms with van der Waals surface area (Å²) in [5, 5.41) is 1.81. The van der Waals surface area contributed by atoms with Crippen LogP contribution in [0.4, 0.5) is 0 Å². The lowest BCUT2D eigenvalue weighted by Gasteiger charge is -2.06. The predicted molar refractivity (Wildman–Crippen MR) is 61.8 cm³/mol. The maximum Gasteiger partial charge on any atom is 0.176 e. The van der Waals surface area contributed by atoms with E-state index in [2.05, 4.69) is 0 Å². The fraction of sp³-hybridized carbons (Fsp3) is 0.167. The fourth-order valence-corrected chi connectivity index (χ4v) is 2.77. The van der Waals surface area contributed by atoms with Crippen LogP contribution in [-0.4, -0.2) is 14.7 Å². The molecule has 0 aromatic heterocycles. The van der Waals surface area contributed by atoms with Gasteiger partial charge in [-0.25, -0.2) is 8.42 Å². The van der Waals surface area contributed by atoms with Crippen LogP contribution < -0.4 is 0 Å². The number of benzene rings is 2. The van der Waals surface area contributed by atoms with Crippen molar-refractivity contribution in [3.63, 3.8) is 0 Å². The van der Waals surface area contributed by atoms with Gasteiger partial charge >= 0.3 is 0 Å². The first-order valence-corrected chi connectivity index (χ1v) is 6.58. The molecule has 0 atom stereocenters. The van der Waals surface area contributed by atoms with Gasteiger partial charge in [-0.15, -0.1) is 0 Å². The molecule has 78 valence electrons. The lowest BCUT2D eigenvalue weighted by atomic mass is 10.1. The highest BCUT2D eigenvalue weighted by Gasteiger charge is 2.12. The molecule has 2 nitrogen and oxygen atoms in total. The van der Waals surface area contributed by atoms with E-state index in [9.17, 15) is 8.42 Å². The molecule has 0 saturated heterocycles. The van der Waals surface area contributed by atoms with Gasteiger partial charge in [-0.1, -0.05) is 30.3 Å². The molecule has 0 bridgehead atoms. The summed E-state index contributed by atoms with van der Waals surface area (Å²) >= 11 is 0. The van der Waals surface area contributed by atoms with E-state index < -0.39 is 9.84 Å². The zero-order valence-electron chi connectivity index (χ0n) is 8.69. The van der Waals surface area contributed by atoms with Gasteiger partial charge in [0.15, 0.2) is 9.84 Å². The fourth-order valence-electron chi connectivity index (χ4n) is 1.80. The molecule has 0 heterocycles. The van der Waals surface area contributed by atoms with Gasteiger partial charge in [0.2, 0.25) is 0 Å². The van der Waals surface area contributed by atoms with Crippen LogP contribution in [0.15, 0.2) is 41.3 Å². The molecule has 0 fully saturated rings. The van der Waals surface area contributed by atoms with Crippen LogP contribution in [0.1, 0.15) is 5.56 Å². The molecule has 15 heavy (non-hydrogen) atoms. The monoisotopic (exact) mass is 220 g/mol. The molecular formula is C12H12O2S. The lowest BCUT2D eigenvalue weighted by molar-refractivity contribution is 0.602. The summed E-state index contributed by atoms with van der Waals surface area (Å²) in [6.07, 6.45) is 1.24. The number of hydrogen-bond donors (Lipinski definition) is 0. The summed E-state index contributed by atoms with van der Waals surface area (Å²) < 4.78 is 23.2. The summed E-state index contributed by atoms with van der Waals surface area (Å²) in [7, 11) is -3.15. The van der Waals surface area contributed by atoms with Crippen LogP contribution in [0.25, 0.3) is 10.8 Å². The van der Waals surface area contributed by atoms with Crippen LogP contribution in [0.3, 0.4) is 0 Å². The number of aryl methyl sites for hydroxylation is 1. The second-order valence-electron chi connectivity index (χ2n) is 3.70. The van der Waals surface area contributed by atoms with E-state index >= 15 is 0 Å². The van der Waals surface area contributed by atoms with Crippen LogP contribution in [-0.2, 0) is 9.84 Å². The molecule has 0 N–H and O–H groups in total. The number of rotatable bonds is 1. The van der Waals surface area contributed by atoms with Crippen molar-refractivity contribution in [2.24, 2.45) is 0 Å². The average molecular weight is 220 g/mol. The van der Waals surface area contributed by atoms with Crippen molar-refractivity contribution >= 4 is 20.6 Å². The van der Waals surface area contributed by atoms with Gasteiger partial charge in [0, 0.05) is 11.6 Å². The highest BCUT2D eigenvalue weighted by molar-refractivity contribution is 7.91. The Morgan fingerprint density at radius 2 is 1.60 bits per heavy atom. The minimum Gasteiger partial charge on any atom is -0.224 e. The van der Waals surface area contributed by atoms with Gasteiger partial charge in [-0.05, 0) is 23.9 Å². The van der Waals surface area contributed by atoms with Gasteiger partial charge in [0.25, 0.3) is 0 Å². The molecule has 0 aliphatic heterocycles. The molecule has 0 saturated carbocycles. The smallest absolute Gasteiger partial charge is 0.176 e. The van der Waals surface area contributed by atoms with Crippen molar-refractivity contribution in [1.29, 1.82) is 0 Å². The first kappa shape index (κ1) is 10.2. The molecule has 0 amide bonds. The molecule has 0 spiro atoms. The van der Waals surface area contributed by atoms with Crippen LogP contribution >= 0.6 is 0 Å². The Morgan fingerprint density at radius 3 is 2.20 bits per heavy atom. The number of sulfone groups is 1. The SMILES string of the molecule is Cc1cccc2cccc(S(C)(=O)=O)c12. The molecule has 3 heteroatoms. The van der Waals surface area contributed by atoms with Crippen molar-refractivity contribution in [2.45, 2.75) is 11.8 Å². The molecule has 2 aromatic rings. The summed E-state index contributed by atoms with van der Waals surface area (Å²) in [5.74, 6) is 0. The van der Waals surface area contributed by atoms with Crippen molar-refractivity contribution in [2.75, 3.05) is 6.26 Å². The predicted octanol–water partition coefficient (Wildman–Crippen LogP) is 2.55.